The first-order chi connectivity index (χ1) is 11.1. The van der Waals surface area contributed by atoms with E-state index in [4.69, 9.17) is 14.6 Å². The number of ether oxygens (including phenoxy) is 2. The van der Waals surface area contributed by atoms with Crippen LogP contribution in [0.4, 0.5) is 0 Å². The summed E-state index contributed by atoms with van der Waals surface area (Å²) >= 11 is 0. The normalized spacial score (nSPS) is 12.7. The zero-order valence-electron chi connectivity index (χ0n) is 12.1. The Morgan fingerprint density at radius 2 is 2.04 bits per heavy atom. The molecule has 2 N–H and O–H groups in total. The van der Waals surface area contributed by atoms with E-state index in [0.29, 0.717) is 36.0 Å². The predicted molar refractivity (Wildman–Crippen MR) is 76.3 cm³/mol. The Morgan fingerprint density at radius 3 is 2.83 bits per heavy atom. The van der Waals surface area contributed by atoms with E-state index in [0.717, 1.165) is 0 Å². The molecule has 120 valence electrons. The van der Waals surface area contributed by atoms with Crippen LogP contribution in [0.3, 0.4) is 0 Å². The standard InChI is InChI=1S/C14H14N4O5/c19-13(20)8-18-7-10(16-17-18)6-15-14(21)9-1-2-11-12(5-9)23-4-3-22-11/h1-2,5,7H,3-4,6,8H2,(H,15,21)(H,19,20). The molecule has 0 bridgehead atoms. The number of nitrogens with zero attached hydrogens (tertiary/aromatic N) is 3. The Hall–Kier alpha value is -3.10. The van der Waals surface area contributed by atoms with Gasteiger partial charge in [0.2, 0.25) is 0 Å². The van der Waals surface area contributed by atoms with Crippen molar-refractivity contribution in [1.82, 2.24) is 20.3 Å². The second kappa shape index (κ2) is 6.34. The number of amides is 1. The minimum Gasteiger partial charge on any atom is -0.486 e. The van der Waals surface area contributed by atoms with Crippen LogP contribution in [0.5, 0.6) is 11.5 Å². The Bertz CT molecular complexity index is 743. The number of carbonyl (C=O) groups excluding carboxylic acids is 1. The van der Waals surface area contributed by atoms with E-state index in [1.165, 1.54) is 10.9 Å². The summed E-state index contributed by atoms with van der Waals surface area (Å²) in [7, 11) is 0. The second-order valence-electron chi connectivity index (χ2n) is 4.84. The third-order valence-corrected chi connectivity index (χ3v) is 3.12. The van der Waals surface area contributed by atoms with E-state index in [-0.39, 0.29) is 19.0 Å². The van der Waals surface area contributed by atoms with Crippen molar-refractivity contribution in [3.8, 4) is 11.5 Å². The van der Waals surface area contributed by atoms with Crippen molar-refractivity contribution in [2.24, 2.45) is 0 Å². The van der Waals surface area contributed by atoms with Gasteiger partial charge in [0.1, 0.15) is 25.5 Å². The first-order valence-corrected chi connectivity index (χ1v) is 6.90. The van der Waals surface area contributed by atoms with Gasteiger partial charge in [0, 0.05) is 5.56 Å². The fourth-order valence-electron chi connectivity index (χ4n) is 2.09. The van der Waals surface area contributed by atoms with Crippen molar-refractivity contribution < 1.29 is 24.2 Å². The predicted octanol–water partition coefficient (Wildman–Crippen LogP) is 0.0639. The topological polar surface area (TPSA) is 116 Å². The number of aromatic nitrogens is 3. The van der Waals surface area contributed by atoms with Crippen LogP contribution in [0.25, 0.3) is 0 Å². The summed E-state index contributed by atoms with van der Waals surface area (Å²) in [5.74, 6) is -0.155. The summed E-state index contributed by atoms with van der Waals surface area (Å²) in [6, 6.07) is 4.95. The molecule has 3 rings (SSSR count). The maximum atomic E-state index is 12.1. The molecule has 1 aliphatic heterocycles. The molecule has 1 amide bonds. The Balaban J connectivity index is 1.61. The average molecular weight is 318 g/mol. The number of aliphatic carboxylic acids is 1. The molecule has 2 aromatic rings. The molecule has 0 radical (unpaired) electrons. The van der Waals surface area contributed by atoms with Crippen LogP contribution in [0.15, 0.2) is 24.4 Å². The molecule has 1 aromatic carbocycles. The highest BCUT2D eigenvalue weighted by Crippen LogP contribution is 2.30. The van der Waals surface area contributed by atoms with Gasteiger partial charge in [-0.1, -0.05) is 5.21 Å². The first kappa shape index (κ1) is 14.8. The maximum absolute atomic E-state index is 12.1. The molecule has 0 saturated heterocycles. The van der Waals surface area contributed by atoms with Crippen LogP contribution in [0.1, 0.15) is 16.1 Å². The molecular formula is C14H14N4O5. The molecule has 9 heteroatoms. The van der Waals surface area contributed by atoms with Gasteiger partial charge in [-0.15, -0.1) is 5.10 Å². The van der Waals surface area contributed by atoms with Crippen LogP contribution >= 0.6 is 0 Å². The molecule has 0 spiro atoms. The van der Waals surface area contributed by atoms with Gasteiger partial charge in [0.05, 0.1) is 12.7 Å². The SMILES string of the molecule is O=C(O)Cn1cc(CNC(=O)c2ccc3c(c2)OCCO3)nn1. The molecule has 2 heterocycles. The lowest BCUT2D eigenvalue weighted by Crippen LogP contribution is -2.23. The summed E-state index contributed by atoms with van der Waals surface area (Å²) < 4.78 is 12.0. The summed E-state index contributed by atoms with van der Waals surface area (Å²) in [6.07, 6.45) is 1.47. The maximum Gasteiger partial charge on any atom is 0.325 e. The summed E-state index contributed by atoms with van der Waals surface area (Å²) in [5.41, 5.74) is 0.907. The number of carbonyl (C=O) groups is 2. The molecule has 0 saturated carbocycles. The fourth-order valence-corrected chi connectivity index (χ4v) is 2.09. The van der Waals surface area contributed by atoms with Crippen molar-refractivity contribution >= 4 is 11.9 Å². The van der Waals surface area contributed by atoms with Crippen LogP contribution in [-0.4, -0.2) is 45.2 Å². The number of carboxylic acid groups (broad SMARTS) is 1. The van der Waals surface area contributed by atoms with E-state index in [2.05, 4.69) is 15.6 Å². The molecular weight excluding hydrogens is 304 g/mol. The highest BCUT2D eigenvalue weighted by atomic mass is 16.6. The molecule has 0 fully saturated rings. The van der Waals surface area contributed by atoms with E-state index in [9.17, 15) is 9.59 Å². The zero-order valence-corrected chi connectivity index (χ0v) is 12.1. The molecule has 1 aromatic heterocycles. The number of hydrogen-bond acceptors (Lipinski definition) is 6. The summed E-state index contributed by atoms with van der Waals surface area (Å²) in [5, 5.41) is 18.8. The second-order valence-corrected chi connectivity index (χ2v) is 4.84. The third-order valence-electron chi connectivity index (χ3n) is 3.12. The largest absolute Gasteiger partial charge is 0.486 e. The van der Waals surface area contributed by atoms with Crippen LogP contribution in [-0.2, 0) is 17.9 Å². The number of nitrogens with one attached hydrogen (secondary N) is 1. The number of hydrogen-bond donors (Lipinski definition) is 2. The summed E-state index contributed by atoms with van der Waals surface area (Å²) in [6.45, 7) is 0.811. The minimum absolute atomic E-state index is 0.146. The van der Waals surface area contributed by atoms with Crippen LogP contribution in [0, 0.1) is 0 Å². The van der Waals surface area contributed by atoms with Gasteiger partial charge in [0.25, 0.3) is 5.91 Å². The third kappa shape index (κ3) is 3.57. The monoisotopic (exact) mass is 318 g/mol. The quantitative estimate of drug-likeness (QED) is 0.801. The number of carboxylic acids is 1. The van der Waals surface area contributed by atoms with Crippen molar-refractivity contribution in [2.75, 3.05) is 13.2 Å². The molecule has 23 heavy (non-hydrogen) atoms. The van der Waals surface area contributed by atoms with Gasteiger partial charge in [0.15, 0.2) is 11.5 Å². The fraction of sp³-hybridized carbons (Fsp3) is 0.286. The van der Waals surface area contributed by atoms with E-state index in [1.807, 2.05) is 0 Å². The lowest BCUT2D eigenvalue weighted by Gasteiger charge is -2.18. The zero-order chi connectivity index (χ0) is 16.2. The Kier molecular flexibility index (Phi) is 4.09. The highest BCUT2D eigenvalue weighted by Gasteiger charge is 2.15. The van der Waals surface area contributed by atoms with Gasteiger partial charge in [-0.2, -0.15) is 0 Å². The van der Waals surface area contributed by atoms with Gasteiger partial charge in [-0.05, 0) is 18.2 Å². The van der Waals surface area contributed by atoms with Crippen molar-refractivity contribution in [2.45, 2.75) is 13.1 Å². The van der Waals surface area contributed by atoms with Crippen LogP contribution in [0.2, 0.25) is 0 Å². The van der Waals surface area contributed by atoms with Gasteiger partial charge < -0.3 is 19.9 Å². The minimum atomic E-state index is -1.01. The molecule has 1 aliphatic rings. The first-order valence-electron chi connectivity index (χ1n) is 6.90. The van der Waals surface area contributed by atoms with Crippen molar-refractivity contribution in [3.63, 3.8) is 0 Å². The van der Waals surface area contributed by atoms with Gasteiger partial charge in [-0.3, -0.25) is 9.59 Å². The summed E-state index contributed by atoms with van der Waals surface area (Å²) in [4.78, 5) is 22.7. The molecule has 9 nitrogen and oxygen atoms in total. The number of fused-ring (bicyclic) bond motifs is 1. The average Bonchev–Trinajstić information content (AvgIpc) is 2.98. The molecule has 0 atom stereocenters. The Morgan fingerprint density at radius 1 is 1.26 bits per heavy atom. The number of rotatable bonds is 5. The van der Waals surface area contributed by atoms with E-state index >= 15 is 0 Å². The van der Waals surface area contributed by atoms with Gasteiger partial charge >= 0.3 is 5.97 Å². The van der Waals surface area contributed by atoms with E-state index < -0.39 is 5.97 Å². The van der Waals surface area contributed by atoms with Crippen LogP contribution < -0.4 is 14.8 Å². The highest BCUT2D eigenvalue weighted by molar-refractivity contribution is 5.94. The lowest BCUT2D eigenvalue weighted by atomic mass is 10.2. The smallest absolute Gasteiger partial charge is 0.325 e. The van der Waals surface area contributed by atoms with Crippen molar-refractivity contribution in [3.05, 3.63) is 35.7 Å². The number of benzene rings is 1. The van der Waals surface area contributed by atoms with Crippen molar-refractivity contribution in [1.29, 1.82) is 0 Å². The van der Waals surface area contributed by atoms with Gasteiger partial charge in [-0.25, -0.2) is 4.68 Å². The molecule has 0 unspecified atom stereocenters. The lowest BCUT2D eigenvalue weighted by molar-refractivity contribution is -0.137. The Labute approximate surface area is 130 Å². The van der Waals surface area contributed by atoms with E-state index in [1.54, 1.807) is 18.2 Å². The molecule has 0 aliphatic carbocycles.